The van der Waals surface area contributed by atoms with E-state index in [1.165, 1.54) is 4.90 Å². The largest absolute Gasteiger partial charge is 0.478 e. The van der Waals surface area contributed by atoms with Crippen molar-refractivity contribution in [3.63, 3.8) is 0 Å². The Bertz CT molecular complexity index is 781. The molecule has 8 heteroatoms. The number of hydrogen-bond donors (Lipinski definition) is 2. The summed E-state index contributed by atoms with van der Waals surface area (Å²) >= 11 is 0. The monoisotopic (exact) mass is 372 g/mol. The lowest BCUT2D eigenvalue weighted by Gasteiger charge is -2.23. The highest BCUT2D eigenvalue weighted by atomic mass is 19.1. The fourth-order valence-electron chi connectivity index (χ4n) is 4.34. The molecule has 2 heterocycles. The number of carbonyl (C=O) groups is 2. The van der Waals surface area contributed by atoms with Gasteiger partial charge in [-0.1, -0.05) is 0 Å². The van der Waals surface area contributed by atoms with Crippen LogP contribution >= 0.6 is 0 Å². The second kappa shape index (κ2) is 6.82. The van der Waals surface area contributed by atoms with Crippen molar-refractivity contribution in [3.8, 4) is 6.07 Å². The summed E-state index contributed by atoms with van der Waals surface area (Å²) in [6, 6.07) is 8.47. The highest BCUT2D eigenvalue weighted by Gasteiger charge is 2.55. The number of nitrogens with one attached hydrogen (secondary N) is 1. The summed E-state index contributed by atoms with van der Waals surface area (Å²) in [6.07, 6.45) is -1.01. The van der Waals surface area contributed by atoms with E-state index in [2.05, 4.69) is 10.2 Å². The van der Waals surface area contributed by atoms with Gasteiger partial charge in [-0.25, -0.2) is 9.18 Å². The van der Waals surface area contributed by atoms with E-state index < -0.39 is 18.2 Å². The number of likely N-dealkylation sites (tertiary alicyclic amines) is 1. The molecule has 27 heavy (non-hydrogen) atoms. The van der Waals surface area contributed by atoms with E-state index in [1.54, 1.807) is 12.1 Å². The Morgan fingerprint density at radius 3 is 2.48 bits per heavy atom. The van der Waals surface area contributed by atoms with Crippen LogP contribution in [0, 0.1) is 23.2 Å². The van der Waals surface area contributed by atoms with Crippen LogP contribution < -0.4 is 10.2 Å². The summed E-state index contributed by atoms with van der Waals surface area (Å²) in [5.74, 6) is -0.240. The van der Waals surface area contributed by atoms with Gasteiger partial charge in [0.15, 0.2) is 0 Å². The van der Waals surface area contributed by atoms with Gasteiger partial charge in [-0.2, -0.15) is 5.26 Å². The van der Waals surface area contributed by atoms with Crippen LogP contribution in [-0.2, 0) is 4.79 Å². The molecular formula is C19H21FN4O3. The molecule has 0 radical (unpaired) electrons. The number of fused-ring (bicyclic) bond motifs is 1. The molecule has 2 aliphatic heterocycles. The van der Waals surface area contributed by atoms with Crippen molar-refractivity contribution in [2.45, 2.75) is 24.7 Å². The number of rotatable bonds is 5. The van der Waals surface area contributed by atoms with Gasteiger partial charge in [0, 0.05) is 31.2 Å². The number of aromatic carboxylic acids is 1. The number of benzene rings is 1. The molecule has 2 N–H and O–H groups in total. The number of halogens is 1. The molecule has 142 valence electrons. The number of nitrogens with zero attached hydrogens (tertiary/aromatic N) is 3. The first-order valence-electron chi connectivity index (χ1n) is 9.12. The molecule has 3 aliphatic rings. The first kappa shape index (κ1) is 17.7. The number of carboxylic acids is 1. The third kappa shape index (κ3) is 3.35. The molecule has 7 nitrogen and oxygen atoms in total. The van der Waals surface area contributed by atoms with E-state index in [0.29, 0.717) is 11.8 Å². The highest BCUT2D eigenvalue weighted by molar-refractivity contribution is 5.88. The maximum atomic E-state index is 13.4. The number of carboxylic acid groups (broad SMARTS) is 1. The average molecular weight is 372 g/mol. The minimum Gasteiger partial charge on any atom is -0.478 e. The highest BCUT2D eigenvalue weighted by Crippen LogP contribution is 2.46. The molecular weight excluding hydrogens is 351 g/mol. The standard InChI is InChI=1S/C19H21FN4O3/c20-12-5-14(6-21)24(8-12)17(25)7-22-18-15-9-23(10-16(15)18)13-3-1-11(2-4-13)19(26)27/h1-4,12,14-16,18,22H,5,7-10H2,(H,26,27)/t12-,14-,15?,16?,18?/m0/s1. The van der Waals surface area contributed by atoms with Crippen LogP contribution in [0.4, 0.5) is 10.1 Å². The molecule has 0 spiro atoms. The lowest BCUT2D eigenvalue weighted by atomic mass is 10.2. The number of piperidine rings is 1. The lowest BCUT2D eigenvalue weighted by Crippen LogP contribution is -2.42. The van der Waals surface area contributed by atoms with E-state index in [9.17, 15) is 14.0 Å². The maximum absolute atomic E-state index is 13.4. The van der Waals surface area contributed by atoms with Crippen molar-refractivity contribution in [3.05, 3.63) is 29.8 Å². The van der Waals surface area contributed by atoms with Gasteiger partial charge in [0.25, 0.3) is 0 Å². The molecule has 1 saturated carbocycles. The Kier molecular flexibility index (Phi) is 4.48. The third-order valence-electron chi connectivity index (χ3n) is 5.88. The van der Waals surface area contributed by atoms with Crippen molar-refractivity contribution < 1.29 is 19.1 Å². The minimum atomic E-state index is -1.11. The predicted octanol–water partition coefficient (Wildman–Crippen LogP) is 0.872. The van der Waals surface area contributed by atoms with Crippen LogP contribution in [-0.4, -0.2) is 66.3 Å². The van der Waals surface area contributed by atoms with Crippen LogP contribution in [0.5, 0.6) is 0 Å². The maximum Gasteiger partial charge on any atom is 0.335 e. The molecule has 3 fully saturated rings. The summed E-state index contributed by atoms with van der Waals surface area (Å²) in [6.45, 7) is 1.87. The summed E-state index contributed by atoms with van der Waals surface area (Å²) in [4.78, 5) is 26.8. The van der Waals surface area contributed by atoms with Gasteiger partial charge in [-0.05, 0) is 36.1 Å². The van der Waals surface area contributed by atoms with E-state index in [-0.39, 0.29) is 37.0 Å². The van der Waals surface area contributed by atoms with Crippen LogP contribution in [0.3, 0.4) is 0 Å². The Labute approximate surface area is 156 Å². The second-order valence-electron chi connectivity index (χ2n) is 7.52. The SMILES string of the molecule is N#C[C@@H]1C[C@H](F)CN1C(=O)CNC1C2CN(c3ccc(C(=O)O)cc3)CC21. The Hall–Kier alpha value is -2.66. The molecule has 1 amide bonds. The van der Waals surface area contributed by atoms with Crippen molar-refractivity contribution in [1.82, 2.24) is 10.2 Å². The smallest absolute Gasteiger partial charge is 0.335 e. The number of anilines is 1. The van der Waals surface area contributed by atoms with E-state index in [1.807, 2.05) is 18.2 Å². The van der Waals surface area contributed by atoms with Gasteiger partial charge in [0.2, 0.25) is 5.91 Å². The quantitative estimate of drug-likeness (QED) is 0.796. The normalized spacial score (nSPS) is 31.5. The molecule has 4 atom stereocenters. The fourth-order valence-corrected chi connectivity index (χ4v) is 4.34. The van der Waals surface area contributed by atoms with Gasteiger partial charge in [0.05, 0.1) is 24.7 Å². The fraction of sp³-hybridized carbons (Fsp3) is 0.526. The van der Waals surface area contributed by atoms with Gasteiger partial charge in [-0.15, -0.1) is 0 Å². The predicted molar refractivity (Wildman–Crippen MR) is 95.0 cm³/mol. The van der Waals surface area contributed by atoms with Crippen LogP contribution in [0.1, 0.15) is 16.8 Å². The Morgan fingerprint density at radius 1 is 1.22 bits per heavy atom. The number of nitriles is 1. The summed E-state index contributed by atoms with van der Waals surface area (Å²) in [7, 11) is 0. The van der Waals surface area contributed by atoms with E-state index in [4.69, 9.17) is 10.4 Å². The topological polar surface area (TPSA) is 96.7 Å². The van der Waals surface area contributed by atoms with Crippen LogP contribution in [0.25, 0.3) is 0 Å². The van der Waals surface area contributed by atoms with Crippen LogP contribution in [0.2, 0.25) is 0 Å². The first-order chi connectivity index (χ1) is 13.0. The molecule has 2 saturated heterocycles. The van der Waals surface area contributed by atoms with Crippen molar-refractivity contribution in [2.24, 2.45) is 11.8 Å². The Morgan fingerprint density at radius 2 is 1.89 bits per heavy atom. The summed E-state index contributed by atoms with van der Waals surface area (Å²) in [5.41, 5.74) is 1.28. The third-order valence-corrected chi connectivity index (χ3v) is 5.88. The zero-order valence-corrected chi connectivity index (χ0v) is 14.7. The molecule has 4 rings (SSSR count). The Balaban J connectivity index is 1.25. The van der Waals surface area contributed by atoms with E-state index in [0.717, 1.165) is 18.8 Å². The number of amides is 1. The van der Waals surface area contributed by atoms with Gasteiger partial charge in [0.1, 0.15) is 12.2 Å². The summed E-state index contributed by atoms with van der Waals surface area (Å²) < 4.78 is 13.4. The second-order valence-corrected chi connectivity index (χ2v) is 7.52. The molecule has 2 unspecified atom stereocenters. The molecule has 0 aromatic heterocycles. The van der Waals surface area contributed by atoms with Gasteiger partial charge >= 0.3 is 5.97 Å². The zero-order chi connectivity index (χ0) is 19.1. The van der Waals surface area contributed by atoms with Crippen LogP contribution in [0.15, 0.2) is 24.3 Å². The zero-order valence-electron chi connectivity index (χ0n) is 14.7. The molecule has 1 aliphatic carbocycles. The van der Waals surface area contributed by atoms with Gasteiger partial charge in [-0.3, -0.25) is 4.79 Å². The number of carbonyl (C=O) groups excluding carboxylic acids is 1. The van der Waals surface area contributed by atoms with Gasteiger partial charge < -0.3 is 20.2 Å². The first-order valence-corrected chi connectivity index (χ1v) is 9.12. The van der Waals surface area contributed by atoms with Crippen molar-refractivity contribution in [1.29, 1.82) is 5.26 Å². The molecule has 1 aromatic carbocycles. The molecule has 1 aromatic rings. The number of hydrogen-bond acceptors (Lipinski definition) is 5. The summed E-state index contributed by atoms with van der Waals surface area (Å²) in [5, 5.41) is 21.3. The van der Waals surface area contributed by atoms with Crippen molar-refractivity contribution in [2.75, 3.05) is 31.1 Å². The minimum absolute atomic E-state index is 0.0103. The lowest BCUT2D eigenvalue weighted by molar-refractivity contribution is -0.130. The average Bonchev–Trinajstić information content (AvgIpc) is 3.00. The number of alkyl halides is 1. The molecule has 0 bridgehead atoms. The van der Waals surface area contributed by atoms with E-state index >= 15 is 0 Å². The van der Waals surface area contributed by atoms with Crippen molar-refractivity contribution >= 4 is 17.6 Å².